The van der Waals surface area contributed by atoms with Gasteiger partial charge in [0.2, 0.25) is 0 Å². The first kappa shape index (κ1) is 18.1. The first-order valence-corrected chi connectivity index (χ1v) is 8.54. The lowest BCUT2D eigenvalue weighted by Crippen LogP contribution is -2.39. The molecule has 2 aromatic carbocycles. The molecule has 0 spiro atoms. The molecular weight excluding hydrogens is 298 g/mol. The molecule has 3 heteroatoms. The van der Waals surface area contributed by atoms with E-state index in [0.717, 1.165) is 23.3 Å². The number of hydrogen-bond donors (Lipinski definition) is 1. The third-order valence-electron chi connectivity index (χ3n) is 3.90. The number of aryl methyl sites for hydroxylation is 1. The van der Waals surface area contributed by atoms with Crippen LogP contribution in [0.15, 0.2) is 54.6 Å². The zero-order chi connectivity index (χ0) is 17.5. The van der Waals surface area contributed by atoms with Gasteiger partial charge in [-0.2, -0.15) is 0 Å². The van der Waals surface area contributed by atoms with Crippen LogP contribution in [0.5, 0.6) is 5.75 Å². The van der Waals surface area contributed by atoms with Crippen LogP contribution in [0.25, 0.3) is 0 Å². The molecule has 0 unspecified atom stereocenters. The third-order valence-corrected chi connectivity index (χ3v) is 3.90. The Morgan fingerprint density at radius 3 is 2.38 bits per heavy atom. The van der Waals surface area contributed by atoms with Crippen molar-refractivity contribution in [2.24, 2.45) is 5.92 Å². The van der Waals surface area contributed by atoms with E-state index < -0.39 is 6.10 Å². The molecule has 0 aromatic heterocycles. The van der Waals surface area contributed by atoms with Gasteiger partial charge in [-0.25, -0.2) is 0 Å². The molecule has 1 amide bonds. The summed E-state index contributed by atoms with van der Waals surface area (Å²) in [6.07, 6.45) is 0.359. The Bertz CT molecular complexity index is 652. The molecule has 1 N–H and O–H groups in total. The topological polar surface area (TPSA) is 38.3 Å². The molecule has 0 bridgehead atoms. The quantitative estimate of drug-likeness (QED) is 0.803. The molecule has 0 aliphatic rings. The normalized spacial score (nSPS) is 13.4. The van der Waals surface area contributed by atoms with Crippen molar-refractivity contribution in [3.63, 3.8) is 0 Å². The Morgan fingerprint density at radius 2 is 1.75 bits per heavy atom. The van der Waals surface area contributed by atoms with Crippen molar-refractivity contribution in [1.29, 1.82) is 0 Å². The highest BCUT2D eigenvalue weighted by atomic mass is 16.5. The van der Waals surface area contributed by atoms with Crippen LogP contribution in [0.1, 0.15) is 44.4 Å². The second-order valence-corrected chi connectivity index (χ2v) is 6.68. The van der Waals surface area contributed by atoms with E-state index in [1.807, 2.05) is 49.4 Å². The van der Waals surface area contributed by atoms with Crippen molar-refractivity contribution in [1.82, 2.24) is 5.32 Å². The summed E-state index contributed by atoms with van der Waals surface area (Å²) < 4.78 is 5.79. The van der Waals surface area contributed by atoms with Crippen molar-refractivity contribution in [2.75, 3.05) is 0 Å². The second kappa shape index (κ2) is 8.53. The van der Waals surface area contributed by atoms with E-state index in [-0.39, 0.29) is 11.9 Å². The van der Waals surface area contributed by atoms with Crippen LogP contribution in [0, 0.1) is 12.8 Å². The number of nitrogens with one attached hydrogen (secondary N) is 1. The summed E-state index contributed by atoms with van der Waals surface area (Å²) in [5.41, 5.74) is 2.24. The lowest BCUT2D eigenvalue weighted by Gasteiger charge is -2.23. The third kappa shape index (κ3) is 5.41. The molecule has 0 radical (unpaired) electrons. The molecular formula is C21H27NO2. The van der Waals surface area contributed by atoms with Crippen LogP contribution < -0.4 is 10.1 Å². The van der Waals surface area contributed by atoms with Gasteiger partial charge in [0.25, 0.3) is 5.91 Å². The van der Waals surface area contributed by atoms with Crippen molar-refractivity contribution >= 4 is 5.91 Å². The average Bonchev–Trinajstić information content (AvgIpc) is 2.54. The lowest BCUT2D eigenvalue weighted by atomic mass is 9.97. The Balaban J connectivity index is 2.03. The van der Waals surface area contributed by atoms with Crippen molar-refractivity contribution in [3.8, 4) is 5.75 Å². The van der Waals surface area contributed by atoms with Crippen molar-refractivity contribution < 1.29 is 9.53 Å². The zero-order valence-electron chi connectivity index (χ0n) is 15.0. The average molecular weight is 325 g/mol. The second-order valence-electron chi connectivity index (χ2n) is 6.68. The highest BCUT2D eigenvalue weighted by Crippen LogP contribution is 2.22. The minimum Gasteiger partial charge on any atom is -0.481 e. The fourth-order valence-corrected chi connectivity index (χ4v) is 2.67. The molecule has 2 aromatic rings. The summed E-state index contributed by atoms with van der Waals surface area (Å²) >= 11 is 0. The van der Waals surface area contributed by atoms with Gasteiger partial charge in [-0.05, 0) is 49.4 Å². The van der Waals surface area contributed by atoms with E-state index in [4.69, 9.17) is 4.74 Å². The Morgan fingerprint density at radius 1 is 1.04 bits per heavy atom. The van der Waals surface area contributed by atoms with Gasteiger partial charge >= 0.3 is 0 Å². The maximum atomic E-state index is 12.6. The summed E-state index contributed by atoms with van der Waals surface area (Å²) in [5, 5.41) is 3.14. The largest absolute Gasteiger partial charge is 0.481 e. The van der Waals surface area contributed by atoms with E-state index in [1.54, 1.807) is 6.92 Å². The SMILES string of the molecule is Cc1cccc(O[C@@H](C)C(=O)N[C@@H](CC(C)C)c2ccccc2)c1. The molecule has 0 aliphatic heterocycles. The van der Waals surface area contributed by atoms with Crippen molar-refractivity contribution in [3.05, 3.63) is 65.7 Å². The minimum atomic E-state index is -0.537. The van der Waals surface area contributed by atoms with Crippen LogP contribution >= 0.6 is 0 Å². The number of ether oxygens (including phenoxy) is 1. The fraction of sp³-hybridized carbons (Fsp3) is 0.381. The summed E-state index contributed by atoms with van der Waals surface area (Å²) in [7, 11) is 0. The number of hydrogen-bond acceptors (Lipinski definition) is 2. The number of carbonyl (C=O) groups is 1. The molecule has 0 aliphatic carbocycles. The number of benzene rings is 2. The number of rotatable bonds is 7. The summed E-state index contributed by atoms with van der Waals surface area (Å²) in [5.74, 6) is 1.12. The summed E-state index contributed by atoms with van der Waals surface area (Å²) in [6, 6.07) is 17.9. The smallest absolute Gasteiger partial charge is 0.261 e. The van der Waals surface area contributed by atoms with Crippen LogP contribution in [0.3, 0.4) is 0 Å². The van der Waals surface area contributed by atoms with E-state index in [0.29, 0.717) is 5.92 Å². The molecule has 0 saturated carbocycles. The molecule has 2 atom stereocenters. The Kier molecular flexibility index (Phi) is 6.42. The highest BCUT2D eigenvalue weighted by molar-refractivity contribution is 5.81. The van der Waals surface area contributed by atoms with E-state index in [9.17, 15) is 4.79 Å². The first-order chi connectivity index (χ1) is 11.5. The van der Waals surface area contributed by atoms with E-state index in [2.05, 4.69) is 31.3 Å². The van der Waals surface area contributed by atoms with Crippen molar-refractivity contribution in [2.45, 2.75) is 46.3 Å². The number of amides is 1. The maximum Gasteiger partial charge on any atom is 0.261 e. The van der Waals surface area contributed by atoms with Gasteiger partial charge in [0, 0.05) is 0 Å². The molecule has 0 saturated heterocycles. The Labute approximate surface area is 145 Å². The van der Waals surface area contributed by atoms with E-state index in [1.165, 1.54) is 0 Å². The molecule has 24 heavy (non-hydrogen) atoms. The predicted molar refractivity (Wildman–Crippen MR) is 98.0 cm³/mol. The van der Waals surface area contributed by atoms with Gasteiger partial charge < -0.3 is 10.1 Å². The van der Waals surface area contributed by atoms with Gasteiger partial charge in [0.1, 0.15) is 5.75 Å². The lowest BCUT2D eigenvalue weighted by molar-refractivity contribution is -0.128. The Hall–Kier alpha value is -2.29. The first-order valence-electron chi connectivity index (χ1n) is 8.54. The van der Waals surface area contributed by atoms with Crippen LogP contribution in [-0.4, -0.2) is 12.0 Å². The van der Waals surface area contributed by atoms with Crippen LogP contribution in [0.4, 0.5) is 0 Å². The summed E-state index contributed by atoms with van der Waals surface area (Å²) in [6.45, 7) is 8.12. The summed E-state index contributed by atoms with van der Waals surface area (Å²) in [4.78, 5) is 12.6. The molecule has 0 heterocycles. The fourth-order valence-electron chi connectivity index (χ4n) is 2.67. The molecule has 3 nitrogen and oxygen atoms in total. The van der Waals surface area contributed by atoms with Gasteiger partial charge in [0.15, 0.2) is 6.10 Å². The number of carbonyl (C=O) groups excluding carboxylic acids is 1. The van der Waals surface area contributed by atoms with Gasteiger partial charge in [0.05, 0.1) is 6.04 Å². The van der Waals surface area contributed by atoms with Gasteiger partial charge in [-0.15, -0.1) is 0 Å². The molecule has 128 valence electrons. The van der Waals surface area contributed by atoms with Gasteiger partial charge in [-0.1, -0.05) is 56.3 Å². The predicted octanol–water partition coefficient (Wildman–Crippen LogP) is 4.67. The van der Waals surface area contributed by atoms with Crippen LogP contribution in [0.2, 0.25) is 0 Å². The van der Waals surface area contributed by atoms with Crippen LogP contribution in [-0.2, 0) is 4.79 Å². The standard InChI is InChI=1S/C21H27NO2/c1-15(2)13-20(18-10-6-5-7-11-18)22-21(23)17(4)24-19-12-8-9-16(3)14-19/h5-12,14-15,17,20H,13H2,1-4H3,(H,22,23)/t17-,20-/m0/s1. The highest BCUT2D eigenvalue weighted by Gasteiger charge is 2.21. The molecule has 0 fully saturated rings. The zero-order valence-corrected chi connectivity index (χ0v) is 15.0. The monoisotopic (exact) mass is 325 g/mol. The maximum absolute atomic E-state index is 12.6. The van der Waals surface area contributed by atoms with E-state index >= 15 is 0 Å². The van der Waals surface area contributed by atoms with Gasteiger partial charge in [-0.3, -0.25) is 4.79 Å². The minimum absolute atomic E-state index is 0.00209. The molecule has 2 rings (SSSR count).